The molecule has 1 aromatic carbocycles. The number of allylic oxidation sites excluding steroid dienone is 1. The number of thiol groups is 1. The zero-order valence-electron chi connectivity index (χ0n) is 11.0. The Morgan fingerprint density at radius 3 is 2.39 bits per heavy atom. The maximum absolute atomic E-state index is 4.70. The molecule has 0 bridgehead atoms. The molecule has 92 valence electrons. The summed E-state index contributed by atoms with van der Waals surface area (Å²) in [7, 11) is 2.04. The minimum absolute atomic E-state index is 1.02. The van der Waals surface area contributed by atoms with E-state index in [4.69, 9.17) is 12.6 Å². The van der Waals surface area contributed by atoms with Crippen LogP contribution in [0.2, 0.25) is 0 Å². The van der Waals surface area contributed by atoms with Crippen molar-refractivity contribution in [3.8, 4) is 0 Å². The maximum Gasteiger partial charge on any atom is 0.218 e. The molecule has 0 saturated carbocycles. The van der Waals surface area contributed by atoms with Gasteiger partial charge in [-0.2, -0.15) is 0 Å². The van der Waals surface area contributed by atoms with Crippen molar-refractivity contribution < 1.29 is 4.57 Å². The number of aryl methyl sites for hydroxylation is 2. The number of pyridine rings is 1. The van der Waals surface area contributed by atoms with Gasteiger partial charge in [-0.25, -0.2) is 4.57 Å². The molecule has 1 aromatic heterocycles. The smallest absolute Gasteiger partial charge is 0.201 e. The quantitative estimate of drug-likeness (QED) is 0.618. The number of aromatic nitrogens is 1. The van der Waals surface area contributed by atoms with Gasteiger partial charge >= 0.3 is 0 Å². The molecule has 0 amide bonds. The van der Waals surface area contributed by atoms with E-state index in [1.165, 1.54) is 16.7 Å². The first-order valence-corrected chi connectivity index (χ1v) is 6.47. The Kier molecular flexibility index (Phi) is 3.87. The SMILES string of the molecule is C/C(=C(/S)c1cccc[n+]1C)c1ccccc1C. The second-order valence-corrected chi connectivity index (χ2v) is 4.93. The summed E-state index contributed by atoms with van der Waals surface area (Å²) in [6, 6.07) is 14.5. The topological polar surface area (TPSA) is 3.88 Å². The van der Waals surface area contributed by atoms with Crippen LogP contribution < -0.4 is 4.57 Å². The second-order valence-electron chi connectivity index (χ2n) is 4.49. The van der Waals surface area contributed by atoms with E-state index in [2.05, 4.69) is 48.7 Å². The molecule has 0 fully saturated rings. The van der Waals surface area contributed by atoms with Gasteiger partial charge in [0.2, 0.25) is 5.69 Å². The van der Waals surface area contributed by atoms with Crippen molar-refractivity contribution in [2.24, 2.45) is 7.05 Å². The van der Waals surface area contributed by atoms with Gasteiger partial charge in [-0.1, -0.05) is 24.3 Å². The first-order valence-electron chi connectivity index (χ1n) is 6.02. The lowest BCUT2D eigenvalue weighted by atomic mass is 10.0. The van der Waals surface area contributed by atoms with Crippen molar-refractivity contribution in [3.05, 3.63) is 65.5 Å². The molecule has 0 aliphatic rings. The second kappa shape index (κ2) is 5.40. The van der Waals surface area contributed by atoms with Crippen molar-refractivity contribution >= 4 is 23.1 Å². The minimum Gasteiger partial charge on any atom is -0.201 e. The van der Waals surface area contributed by atoms with Gasteiger partial charge in [0.25, 0.3) is 0 Å². The highest BCUT2D eigenvalue weighted by atomic mass is 32.1. The lowest BCUT2D eigenvalue weighted by Gasteiger charge is -2.08. The molecular formula is C16H18NS+. The molecule has 2 aromatic rings. The summed E-state index contributed by atoms with van der Waals surface area (Å²) in [4.78, 5) is 1.02. The molecule has 0 radical (unpaired) electrons. The van der Waals surface area contributed by atoms with Crippen molar-refractivity contribution in [1.29, 1.82) is 0 Å². The third kappa shape index (κ3) is 2.49. The van der Waals surface area contributed by atoms with Gasteiger partial charge in [0.15, 0.2) is 6.20 Å². The monoisotopic (exact) mass is 256 g/mol. The van der Waals surface area contributed by atoms with E-state index in [1.807, 2.05) is 25.4 Å². The number of benzene rings is 1. The average Bonchev–Trinajstić information content (AvgIpc) is 2.38. The standard InChI is InChI=1S/C16H17NS/c1-12-8-4-5-9-14(12)13(2)16(18)15-10-6-7-11-17(15)3/h4-11H,1-3H3/p+1/b16-13-. The van der Waals surface area contributed by atoms with E-state index < -0.39 is 0 Å². The summed E-state index contributed by atoms with van der Waals surface area (Å²) in [6.07, 6.45) is 2.04. The van der Waals surface area contributed by atoms with Crippen LogP contribution in [0.25, 0.3) is 10.5 Å². The van der Waals surface area contributed by atoms with E-state index >= 15 is 0 Å². The highest BCUT2D eigenvalue weighted by Crippen LogP contribution is 2.28. The largest absolute Gasteiger partial charge is 0.218 e. The van der Waals surface area contributed by atoms with Crippen LogP contribution in [0, 0.1) is 6.92 Å². The van der Waals surface area contributed by atoms with Crippen molar-refractivity contribution in [2.75, 3.05) is 0 Å². The fourth-order valence-electron chi connectivity index (χ4n) is 2.08. The third-order valence-corrected chi connectivity index (χ3v) is 3.77. The molecule has 0 aliphatic heterocycles. The Morgan fingerprint density at radius 2 is 1.72 bits per heavy atom. The fraction of sp³-hybridized carbons (Fsp3) is 0.188. The summed E-state index contributed by atoms with van der Waals surface area (Å²) in [6.45, 7) is 4.25. The summed E-state index contributed by atoms with van der Waals surface area (Å²) < 4.78 is 2.09. The van der Waals surface area contributed by atoms with Crippen LogP contribution in [0.1, 0.15) is 23.7 Å². The summed E-state index contributed by atoms with van der Waals surface area (Å²) in [5.41, 5.74) is 4.87. The van der Waals surface area contributed by atoms with E-state index in [1.54, 1.807) is 0 Å². The number of hydrogen-bond donors (Lipinski definition) is 1. The molecule has 0 spiro atoms. The first-order chi connectivity index (χ1) is 8.61. The molecular weight excluding hydrogens is 238 g/mol. The van der Waals surface area contributed by atoms with Crippen molar-refractivity contribution in [2.45, 2.75) is 13.8 Å². The van der Waals surface area contributed by atoms with Crippen LogP contribution in [0.4, 0.5) is 0 Å². The molecule has 0 atom stereocenters. The van der Waals surface area contributed by atoms with Gasteiger partial charge in [-0.05, 0) is 36.6 Å². The third-order valence-electron chi connectivity index (χ3n) is 3.20. The lowest BCUT2D eigenvalue weighted by Crippen LogP contribution is -2.31. The molecule has 18 heavy (non-hydrogen) atoms. The highest BCUT2D eigenvalue weighted by molar-refractivity contribution is 7.90. The highest BCUT2D eigenvalue weighted by Gasteiger charge is 2.13. The van der Waals surface area contributed by atoms with Gasteiger partial charge in [0.05, 0.1) is 4.91 Å². The minimum atomic E-state index is 1.02. The Bertz CT molecular complexity index is 546. The van der Waals surface area contributed by atoms with Gasteiger partial charge in [0, 0.05) is 12.1 Å². The van der Waals surface area contributed by atoms with Crippen LogP contribution in [0.15, 0.2) is 48.7 Å². The van der Waals surface area contributed by atoms with E-state index in [0.717, 1.165) is 10.6 Å². The number of hydrogen-bond acceptors (Lipinski definition) is 1. The summed E-state index contributed by atoms with van der Waals surface area (Å²) >= 11 is 4.70. The molecule has 1 nitrogen and oxygen atoms in total. The lowest BCUT2D eigenvalue weighted by molar-refractivity contribution is -0.673. The van der Waals surface area contributed by atoms with Crippen LogP contribution in [0.5, 0.6) is 0 Å². The van der Waals surface area contributed by atoms with Crippen LogP contribution in [-0.4, -0.2) is 0 Å². The fourth-order valence-corrected chi connectivity index (χ4v) is 2.44. The Balaban J connectivity index is 2.55. The number of rotatable bonds is 2. The number of nitrogens with zero attached hydrogens (tertiary/aromatic N) is 1. The Hall–Kier alpha value is -1.54. The van der Waals surface area contributed by atoms with Crippen molar-refractivity contribution in [1.82, 2.24) is 0 Å². The van der Waals surface area contributed by atoms with E-state index in [9.17, 15) is 0 Å². The predicted octanol–water partition coefficient (Wildman–Crippen LogP) is 3.64. The maximum atomic E-state index is 4.70. The van der Waals surface area contributed by atoms with Gasteiger partial charge in [-0.3, -0.25) is 0 Å². The molecule has 2 heteroatoms. The van der Waals surface area contributed by atoms with Gasteiger partial charge in [-0.15, -0.1) is 12.6 Å². The van der Waals surface area contributed by atoms with E-state index in [0.29, 0.717) is 0 Å². The summed E-state index contributed by atoms with van der Waals surface area (Å²) in [5.74, 6) is 0. The van der Waals surface area contributed by atoms with Crippen LogP contribution >= 0.6 is 12.6 Å². The molecule has 0 aliphatic carbocycles. The van der Waals surface area contributed by atoms with Gasteiger partial charge in [0.1, 0.15) is 7.05 Å². The summed E-state index contributed by atoms with van der Waals surface area (Å²) in [5, 5.41) is 0. The first kappa shape index (κ1) is 12.9. The van der Waals surface area contributed by atoms with Gasteiger partial charge < -0.3 is 0 Å². The zero-order valence-corrected chi connectivity index (χ0v) is 11.9. The molecule has 1 heterocycles. The predicted molar refractivity (Wildman–Crippen MR) is 80.3 cm³/mol. The van der Waals surface area contributed by atoms with Crippen LogP contribution in [0.3, 0.4) is 0 Å². The van der Waals surface area contributed by atoms with Crippen LogP contribution in [-0.2, 0) is 7.05 Å². The van der Waals surface area contributed by atoms with Crippen molar-refractivity contribution in [3.63, 3.8) is 0 Å². The molecule has 0 saturated heterocycles. The van der Waals surface area contributed by atoms with E-state index in [-0.39, 0.29) is 0 Å². The Labute approximate surface area is 114 Å². The molecule has 0 N–H and O–H groups in total. The average molecular weight is 256 g/mol. The molecule has 0 unspecified atom stereocenters. The Morgan fingerprint density at radius 1 is 1.06 bits per heavy atom. The molecule has 2 rings (SSSR count). The normalized spacial score (nSPS) is 12.2. The zero-order chi connectivity index (χ0) is 13.1.